The number of amides is 1. The number of hydrogen-bond acceptors (Lipinski definition) is 5. The van der Waals surface area contributed by atoms with E-state index >= 15 is 0 Å². The molecule has 222 valence electrons. The van der Waals surface area contributed by atoms with E-state index in [2.05, 4.69) is 51.6 Å². The van der Waals surface area contributed by atoms with Crippen LogP contribution in [0, 0.1) is 23.6 Å². The maximum Gasteiger partial charge on any atom is 0.258 e. The maximum absolute atomic E-state index is 13.7. The Bertz CT molecular complexity index is 1160. The third-order valence-electron chi connectivity index (χ3n) is 10.0. The summed E-state index contributed by atoms with van der Waals surface area (Å²) in [5.41, 5.74) is 1.36. The van der Waals surface area contributed by atoms with Crippen molar-refractivity contribution >= 4 is 17.5 Å². The smallest absolute Gasteiger partial charge is 0.258 e. The molecule has 1 heterocycles. The van der Waals surface area contributed by atoms with Gasteiger partial charge < -0.3 is 10.1 Å². The van der Waals surface area contributed by atoms with Gasteiger partial charge in [0.1, 0.15) is 17.9 Å². The van der Waals surface area contributed by atoms with Gasteiger partial charge in [-0.2, -0.15) is 0 Å². The van der Waals surface area contributed by atoms with Crippen molar-refractivity contribution < 1.29 is 13.9 Å². The lowest BCUT2D eigenvalue weighted by Gasteiger charge is -2.53. The molecule has 5 aliphatic rings. The van der Waals surface area contributed by atoms with Crippen molar-refractivity contribution in [2.45, 2.75) is 101 Å². The number of ether oxygens (including phenoxy) is 1. The fourth-order valence-electron chi connectivity index (χ4n) is 7.67. The van der Waals surface area contributed by atoms with Crippen LogP contribution in [0.25, 0.3) is 0 Å². The Kier molecular flexibility index (Phi) is 9.45. The molecule has 5 fully saturated rings. The van der Waals surface area contributed by atoms with Gasteiger partial charge >= 0.3 is 0 Å². The zero-order chi connectivity index (χ0) is 28.2. The van der Waals surface area contributed by atoms with E-state index < -0.39 is 5.82 Å². The number of fused-ring (bicyclic) bond motifs is 2. The van der Waals surface area contributed by atoms with Crippen LogP contribution in [-0.4, -0.2) is 36.9 Å². The molecule has 2 aromatic carbocycles. The van der Waals surface area contributed by atoms with Crippen molar-refractivity contribution in [3.8, 4) is 5.75 Å². The van der Waals surface area contributed by atoms with Crippen molar-refractivity contribution in [2.24, 2.45) is 17.8 Å². The van der Waals surface area contributed by atoms with Crippen LogP contribution in [0.2, 0.25) is 5.02 Å². The average Bonchev–Trinajstić information content (AvgIpc) is 2.93. The summed E-state index contributed by atoms with van der Waals surface area (Å²) in [4.78, 5) is 12.8. The molecular formula is C33H44ClFN4O2. The standard InChI is InChI=1S/C33H44ClFN4O2/c34-26-14-13-25(17-27(26)35)41-20-32(40)36-30-19-31(24-15-23(30)16-24)39-33-37-28(21-9-5-2-1-3-6-10-21)18-29(38-33)22-11-7-4-8-12-22/h4,7-8,11-14,17,21,23-24,28-31,33,37-39H,1-3,5-6,9-10,15-16,18-20H2,(H,36,40)/t23?,24?,28?,29?,30-,31+,33?/m1/s1. The van der Waals surface area contributed by atoms with Crippen LogP contribution in [0.4, 0.5) is 4.39 Å². The minimum atomic E-state index is -0.553. The summed E-state index contributed by atoms with van der Waals surface area (Å²) in [6.45, 7) is -0.140. The fraction of sp³-hybridized carbons (Fsp3) is 0.606. The Hall–Kier alpha value is -2.19. The Morgan fingerprint density at radius 2 is 1.61 bits per heavy atom. The number of carbonyl (C=O) groups excluding carboxylic acids is 1. The first kappa shape index (κ1) is 28.9. The number of rotatable bonds is 8. The van der Waals surface area contributed by atoms with E-state index in [4.69, 9.17) is 16.3 Å². The molecule has 8 heteroatoms. The van der Waals surface area contributed by atoms with Crippen LogP contribution in [0.5, 0.6) is 5.75 Å². The largest absolute Gasteiger partial charge is 0.484 e. The number of halogens is 2. The minimum absolute atomic E-state index is 0.0334. The number of hydrogen-bond donors (Lipinski definition) is 4. The normalized spacial score (nSPS) is 32.3. The van der Waals surface area contributed by atoms with E-state index in [1.807, 2.05) is 0 Å². The van der Waals surface area contributed by atoms with Gasteiger partial charge in [-0.05, 0) is 74.0 Å². The predicted octanol–water partition coefficient (Wildman–Crippen LogP) is 6.07. The summed E-state index contributed by atoms with van der Waals surface area (Å²) in [6, 6.07) is 16.3. The SMILES string of the molecule is O=C(COc1ccc(Cl)c(F)c1)N[C@@H]1C[C@H](NC2NC(c3ccccc3)CC(C3CCCCCCC3)N2)C2CC1C2. The first-order valence-electron chi connectivity index (χ1n) is 15.7. The van der Waals surface area contributed by atoms with E-state index in [1.165, 1.54) is 62.6 Å². The minimum Gasteiger partial charge on any atom is -0.484 e. The third-order valence-corrected chi connectivity index (χ3v) is 10.3. The molecule has 2 aromatic rings. The third kappa shape index (κ3) is 7.24. The van der Waals surface area contributed by atoms with E-state index in [-0.39, 0.29) is 29.9 Å². The van der Waals surface area contributed by atoms with Gasteiger partial charge in [0.25, 0.3) is 5.91 Å². The molecule has 4 aliphatic carbocycles. The van der Waals surface area contributed by atoms with Crippen LogP contribution in [0.3, 0.4) is 0 Å². The summed E-state index contributed by atoms with van der Waals surface area (Å²) in [7, 11) is 0. The molecule has 6 nitrogen and oxygen atoms in total. The maximum atomic E-state index is 13.7. The molecule has 1 amide bonds. The van der Waals surface area contributed by atoms with Gasteiger partial charge in [-0.15, -0.1) is 0 Å². The number of benzene rings is 2. The average molecular weight is 583 g/mol. The Morgan fingerprint density at radius 1 is 0.878 bits per heavy atom. The Morgan fingerprint density at radius 3 is 2.37 bits per heavy atom. The molecule has 1 saturated heterocycles. The highest BCUT2D eigenvalue weighted by molar-refractivity contribution is 6.30. The lowest BCUT2D eigenvalue weighted by molar-refractivity contribution is -0.125. The Labute approximate surface area is 248 Å². The number of nitrogens with one attached hydrogen (secondary N) is 4. The molecule has 4 saturated carbocycles. The van der Waals surface area contributed by atoms with Crippen LogP contribution >= 0.6 is 11.6 Å². The van der Waals surface area contributed by atoms with Crippen LogP contribution in [-0.2, 0) is 4.79 Å². The van der Waals surface area contributed by atoms with Gasteiger partial charge in [0.2, 0.25) is 0 Å². The van der Waals surface area contributed by atoms with E-state index in [0.717, 1.165) is 25.7 Å². The van der Waals surface area contributed by atoms with E-state index in [0.29, 0.717) is 41.6 Å². The first-order valence-corrected chi connectivity index (χ1v) is 16.1. The predicted molar refractivity (Wildman–Crippen MR) is 160 cm³/mol. The quantitative estimate of drug-likeness (QED) is 0.304. The fourth-order valence-corrected chi connectivity index (χ4v) is 7.79. The van der Waals surface area contributed by atoms with Gasteiger partial charge in [-0.25, -0.2) is 4.39 Å². The van der Waals surface area contributed by atoms with E-state index in [1.54, 1.807) is 6.07 Å². The topological polar surface area (TPSA) is 74.4 Å². The number of carbonyl (C=O) groups is 1. The second kappa shape index (κ2) is 13.4. The first-order chi connectivity index (χ1) is 20.0. The Balaban J connectivity index is 1.07. The molecular weight excluding hydrogens is 539 g/mol. The van der Waals surface area contributed by atoms with Crippen LogP contribution in [0.15, 0.2) is 48.5 Å². The van der Waals surface area contributed by atoms with E-state index in [9.17, 15) is 9.18 Å². The summed E-state index contributed by atoms with van der Waals surface area (Å²) in [5.74, 6) is 1.45. The molecule has 2 bridgehead atoms. The molecule has 41 heavy (non-hydrogen) atoms. The molecule has 0 radical (unpaired) electrons. The second-order valence-electron chi connectivity index (χ2n) is 12.7. The molecule has 5 atom stereocenters. The highest BCUT2D eigenvalue weighted by Crippen LogP contribution is 2.46. The lowest BCUT2D eigenvalue weighted by Crippen LogP contribution is -2.68. The van der Waals surface area contributed by atoms with Crippen molar-refractivity contribution in [1.29, 1.82) is 0 Å². The lowest BCUT2D eigenvalue weighted by atomic mass is 9.60. The van der Waals surface area contributed by atoms with Gasteiger partial charge in [-0.3, -0.25) is 20.7 Å². The van der Waals surface area contributed by atoms with Gasteiger partial charge in [-0.1, -0.05) is 74.0 Å². The summed E-state index contributed by atoms with van der Waals surface area (Å²) in [6.07, 6.45) is 13.7. The van der Waals surface area contributed by atoms with Gasteiger partial charge in [0.15, 0.2) is 6.61 Å². The van der Waals surface area contributed by atoms with Crippen LogP contribution < -0.4 is 26.0 Å². The molecule has 1 aliphatic heterocycles. The van der Waals surface area contributed by atoms with Crippen LogP contribution in [0.1, 0.15) is 82.2 Å². The molecule has 0 spiro atoms. The highest BCUT2D eigenvalue weighted by Gasteiger charge is 2.47. The molecule has 0 aromatic heterocycles. The summed E-state index contributed by atoms with van der Waals surface area (Å²) >= 11 is 5.75. The molecule has 3 unspecified atom stereocenters. The van der Waals surface area contributed by atoms with Crippen molar-refractivity contribution in [3.05, 3.63) is 64.9 Å². The zero-order valence-corrected chi connectivity index (χ0v) is 24.6. The molecule has 4 N–H and O–H groups in total. The second-order valence-corrected chi connectivity index (χ2v) is 13.1. The summed E-state index contributed by atoms with van der Waals surface area (Å²) in [5, 5.41) is 15.1. The van der Waals surface area contributed by atoms with Crippen molar-refractivity contribution in [3.63, 3.8) is 0 Å². The van der Waals surface area contributed by atoms with Gasteiger partial charge in [0, 0.05) is 30.2 Å². The zero-order valence-electron chi connectivity index (χ0n) is 23.8. The highest BCUT2D eigenvalue weighted by atomic mass is 35.5. The molecule has 7 rings (SSSR count). The summed E-state index contributed by atoms with van der Waals surface area (Å²) < 4.78 is 19.3. The van der Waals surface area contributed by atoms with Crippen molar-refractivity contribution in [2.75, 3.05) is 6.61 Å². The van der Waals surface area contributed by atoms with Crippen molar-refractivity contribution in [1.82, 2.24) is 21.3 Å². The van der Waals surface area contributed by atoms with Gasteiger partial charge in [0.05, 0.1) is 5.02 Å². The monoisotopic (exact) mass is 582 g/mol.